The number of aryl methyl sites for hydroxylation is 1. The van der Waals surface area contributed by atoms with E-state index in [0.29, 0.717) is 0 Å². The topological polar surface area (TPSA) is 29.5 Å². The third-order valence-electron chi connectivity index (χ3n) is 2.23. The lowest BCUT2D eigenvalue weighted by atomic mass is 10.0. The van der Waals surface area contributed by atoms with E-state index in [1.54, 1.807) is 0 Å². The normalized spacial score (nSPS) is 12.8. The van der Waals surface area contributed by atoms with Crippen LogP contribution in [-0.4, -0.2) is 11.4 Å². The Morgan fingerprint density at radius 1 is 1.36 bits per heavy atom. The summed E-state index contributed by atoms with van der Waals surface area (Å²) < 4.78 is 0. The molecule has 2 heteroatoms. The zero-order valence-corrected chi connectivity index (χ0v) is 8.86. The minimum absolute atomic E-state index is 0.133. The van der Waals surface area contributed by atoms with Crippen molar-refractivity contribution in [2.24, 2.45) is 0 Å². The molecule has 1 N–H and O–H groups in total. The number of hydrogen-bond acceptors (Lipinski definition) is 2. The minimum Gasteiger partial charge on any atom is -0.252 e. The summed E-state index contributed by atoms with van der Waals surface area (Å²) in [6, 6.07) is 8.44. The lowest BCUT2D eigenvalue weighted by Gasteiger charge is -2.08. The van der Waals surface area contributed by atoms with E-state index in [1.165, 1.54) is 11.1 Å². The van der Waals surface area contributed by atoms with Crippen LogP contribution in [0.15, 0.2) is 24.3 Å². The summed E-state index contributed by atoms with van der Waals surface area (Å²) in [5.41, 5.74) is 2.58. The lowest BCUT2D eigenvalue weighted by molar-refractivity contribution is -0.273. The summed E-state index contributed by atoms with van der Waals surface area (Å²) in [6.45, 7) is 4.03. The zero-order valence-electron chi connectivity index (χ0n) is 8.86. The van der Waals surface area contributed by atoms with Crippen LogP contribution in [0, 0.1) is 0 Å². The second-order valence-corrected chi connectivity index (χ2v) is 3.69. The second-order valence-electron chi connectivity index (χ2n) is 3.69. The predicted octanol–water partition coefficient (Wildman–Crippen LogP) is 3.06. The smallest absolute Gasteiger partial charge is 0.0939 e. The van der Waals surface area contributed by atoms with Crippen LogP contribution in [-0.2, 0) is 17.7 Å². The van der Waals surface area contributed by atoms with Gasteiger partial charge in [0.1, 0.15) is 0 Å². The summed E-state index contributed by atoms with van der Waals surface area (Å²) in [5, 5.41) is 8.47. The summed E-state index contributed by atoms with van der Waals surface area (Å²) in [4.78, 5) is 4.25. The third kappa shape index (κ3) is 3.48. The highest BCUT2D eigenvalue weighted by molar-refractivity contribution is 5.24. The third-order valence-corrected chi connectivity index (χ3v) is 2.23. The van der Waals surface area contributed by atoms with Crippen LogP contribution in [0.3, 0.4) is 0 Å². The molecule has 0 saturated carbocycles. The molecule has 78 valence electrons. The average Bonchev–Trinajstić information content (AvgIpc) is 2.19. The van der Waals surface area contributed by atoms with Gasteiger partial charge in [-0.1, -0.05) is 37.6 Å². The molecule has 14 heavy (non-hydrogen) atoms. The van der Waals surface area contributed by atoms with E-state index in [1.807, 2.05) is 6.92 Å². The number of hydrogen-bond donors (Lipinski definition) is 1. The Bertz CT molecular complexity index is 271. The lowest BCUT2D eigenvalue weighted by Crippen LogP contribution is -2.08. The van der Waals surface area contributed by atoms with Crippen molar-refractivity contribution < 1.29 is 10.1 Å². The molecule has 0 aliphatic carbocycles. The van der Waals surface area contributed by atoms with Gasteiger partial charge in [0, 0.05) is 6.42 Å². The van der Waals surface area contributed by atoms with Gasteiger partial charge in [-0.05, 0) is 24.5 Å². The van der Waals surface area contributed by atoms with E-state index in [2.05, 4.69) is 36.1 Å². The molecule has 1 aromatic carbocycles. The summed E-state index contributed by atoms with van der Waals surface area (Å²) >= 11 is 0. The molecule has 0 fully saturated rings. The Balaban J connectivity index is 2.63. The Hall–Kier alpha value is -0.860. The van der Waals surface area contributed by atoms with Gasteiger partial charge in [0.05, 0.1) is 6.10 Å². The molecular weight excluding hydrogens is 176 g/mol. The fourth-order valence-electron chi connectivity index (χ4n) is 1.57. The molecule has 0 amide bonds. The van der Waals surface area contributed by atoms with Gasteiger partial charge in [-0.2, -0.15) is 0 Å². The first-order valence-corrected chi connectivity index (χ1v) is 5.14. The van der Waals surface area contributed by atoms with Gasteiger partial charge in [0.25, 0.3) is 0 Å². The number of benzene rings is 1. The highest BCUT2D eigenvalue weighted by atomic mass is 17.1. The minimum atomic E-state index is -0.133. The second kappa shape index (κ2) is 5.78. The van der Waals surface area contributed by atoms with Crippen molar-refractivity contribution >= 4 is 0 Å². The van der Waals surface area contributed by atoms with E-state index < -0.39 is 0 Å². The molecule has 0 aromatic heterocycles. The Kier molecular flexibility index (Phi) is 4.63. The molecule has 0 aliphatic rings. The first kappa shape index (κ1) is 11.2. The standard InChI is InChI=1S/C12H18O2/c1-3-5-11-6-4-7-12(9-11)8-10(2)14-13/h4,6-7,9-10,13H,3,5,8H2,1-2H3. The van der Waals surface area contributed by atoms with E-state index in [-0.39, 0.29) is 6.10 Å². The fourth-order valence-corrected chi connectivity index (χ4v) is 1.57. The van der Waals surface area contributed by atoms with Crippen LogP contribution in [0.2, 0.25) is 0 Å². The van der Waals surface area contributed by atoms with Gasteiger partial charge in [0.2, 0.25) is 0 Å². The molecule has 1 rings (SSSR count). The van der Waals surface area contributed by atoms with Gasteiger partial charge in [0.15, 0.2) is 0 Å². The molecular formula is C12H18O2. The van der Waals surface area contributed by atoms with Crippen LogP contribution in [0.4, 0.5) is 0 Å². The molecule has 2 nitrogen and oxygen atoms in total. The maximum atomic E-state index is 8.47. The zero-order chi connectivity index (χ0) is 10.4. The fraction of sp³-hybridized carbons (Fsp3) is 0.500. The Labute approximate surface area is 85.5 Å². The van der Waals surface area contributed by atoms with E-state index in [0.717, 1.165) is 19.3 Å². The number of rotatable bonds is 5. The SMILES string of the molecule is CCCc1cccc(CC(C)OO)c1. The highest BCUT2D eigenvalue weighted by Gasteiger charge is 2.03. The highest BCUT2D eigenvalue weighted by Crippen LogP contribution is 2.10. The van der Waals surface area contributed by atoms with Gasteiger partial charge in [-0.25, -0.2) is 4.89 Å². The average molecular weight is 194 g/mol. The van der Waals surface area contributed by atoms with E-state index >= 15 is 0 Å². The summed E-state index contributed by atoms with van der Waals surface area (Å²) in [7, 11) is 0. The summed E-state index contributed by atoms with van der Waals surface area (Å²) in [6.07, 6.45) is 2.90. The van der Waals surface area contributed by atoms with Gasteiger partial charge in [-0.3, -0.25) is 5.26 Å². The Morgan fingerprint density at radius 2 is 2.07 bits per heavy atom. The molecule has 0 saturated heterocycles. The quantitative estimate of drug-likeness (QED) is 0.576. The van der Waals surface area contributed by atoms with Crippen molar-refractivity contribution in [3.63, 3.8) is 0 Å². The first-order chi connectivity index (χ1) is 6.76. The van der Waals surface area contributed by atoms with Crippen molar-refractivity contribution in [1.29, 1.82) is 0 Å². The summed E-state index contributed by atoms with van der Waals surface area (Å²) in [5.74, 6) is 0. The van der Waals surface area contributed by atoms with Crippen LogP contribution in [0.25, 0.3) is 0 Å². The van der Waals surface area contributed by atoms with Crippen LogP contribution in [0.5, 0.6) is 0 Å². The largest absolute Gasteiger partial charge is 0.252 e. The molecule has 0 heterocycles. The molecule has 0 bridgehead atoms. The maximum Gasteiger partial charge on any atom is 0.0939 e. The van der Waals surface area contributed by atoms with Gasteiger partial charge in [-0.15, -0.1) is 0 Å². The molecule has 1 aromatic rings. The predicted molar refractivity (Wildman–Crippen MR) is 57.3 cm³/mol. The monoisotopic (exact) mass is 194 g/mol. The molecule has 0 radical (unpaired) electrons. The maximum absolute atomic E-state index is 8.47. The molecule has 1 atom stereocenters. The van der Waals surface area contributed by atoms with Crippen LogP contribution < -0.4 is 0 Å². The molecule has 0 spiro atoms. The van der Waals surface area contributed by atoms with E-state index in [4.69, 9.17) is 5.26 Å². The van der Waals surface area contributed by atoms with Crippen molar-refractivity contribution in [2.45, 2.75) is 39.2 Å². The molecule has 1 unspecified atom stereocenters. The van der Waals surface area contributed by atoms with Crippen molar-refractivity contribution in [2.75, 3.05) is 0 Å². The van der Waals surface area contributed by atoms with Crippen molar-refractivity contribution in [3.05, 3.63) is 35.4 Å². The van der Waals surface area contributed by atoms with Gasteiger partial charge >= 0.3 is 0 Å². The van der Waals surface area contributed by atoms with Crippen LogP contribution in [0.1, 0.15) is 31.4 Å². The van der Waals surface area contributed by atoms with Crippen molar-refractivity contribution in [1.82, 2.24) is 0 Å². The van der Waals surface area contributed by atoms with Gasteiger partial charge < -0.3 is 0 Å². The molecule has 0 aliphatic heterocycles. The van der Waals surface area contributed by atoms with Crippen molar-refractivity contribution in [3.8, 4) is 0 Å². The van der Waals surface area contributed by atoms with Crippen LogP contribution >= 0.6 is 0 Å². The Morgan fingerprint density at radius 3 is 2.71 bits per heavy atom. The first-order valence-electron chi connectivity index (χ1n) is 5.14. The van der Waals surface area contributed by atoms with E-state index in [9.17, 15) is 0 Å².